The summed E-state index contributed by atoms with van der Waals surface area (Å²) in [6.07, 6.45) is 4.24. The van der Waals surface area contributed by atoms with Crippen LogP contribution in [0.1, 0.15) is 46.0 Å². The van der Waals surface area contributed by atoms with Gasteiger partial charge < -0.3 is 20.5 Å². The third kappa shape index (κ3) is 11.8. The van der Waals surface area contributed by atoms with Crippen molar-refractivity contribution in [1.82, 2.24) is 10.6 Å². The number of carboxylic acid groups (broad SMARTS) is 1. The Bertz CT molecular complexity index is 272. The normalized spacial score (nSPS) is 11.9. The first-order valence-electron chi connectivity index (χ1n) is 7.40. The molecule has 20 heavy (non-hydrogen) atoms. The summed E-state index contributed by atoms with van der Waals surface area (Å²) in [5.41, 5.74) is 0. The highest BCUT2D eigenvalue weighted by Crippen LogP contribution is 2.03. The van der Waals surface area contributed by atoms with Gasteiger partial charge in [-0.15, -0.1) is 0 Å². The number of unbranched alkanes of at least 4 members (excludes halogenated alkanes) is 1. The van der Waals surface area contributed by atoms with Crippen LogP contribution in [0.5, 0.6) is 0 Å². The van der Waals surface area contributed by atoms with Gasteiger partial charge in [-0.1, -0.05) is 20.3 Å². The summed E-state index contributed by atoms with van der Waals surface area (Å²) in [7, 11) is 0. The third-order valence-electron chi connectivity index (χ3n) is 2.91. The quantitative estimate of drug-likeness (QED) is 0.479. The average molecular weight is 288 g/mol. The van der Waals surface area contributed by atoms with Gasteiger partial charge in [0, 0.05) is 26.3 Å². The van der Waals surface area contributed by atoms with E-state index in [1.54, 1.807) is 6.92 Å². The summed E-state index contributed by atoms with van der Waals surface area (Å²) in [6, 6.07) is -0.207. The van der Waals surface area contributed by atoms with Crippen molar-refractivity contribution in [2.45, 2.75) is 46.0 Å². The van der Waals surface area contributed by atoms with Crippen molar-refractivity contribution in [2.75, 3.05) is 26.3 Å². The fourth-order valence-electron chi connectivity index (χ4n) is 1.52. The van der Waals surface area contributed by atoms with Gasteiger partial charge in [0.25, 0.3) is 0 Å². The van der Waals surface area contributed by atoms with Crippen molar-refractivity contribution in [2.24, 2.45) is 5.92 Å². The first-order valence-corrected chi connectivity index (χ1v) is 7.40. The summed E-state index contributed by atoms with van der Waals surface area (Å²) in [4.78, 5) is 22.0. The van der Waals surface area contributed by atoms with Crippen LogP contribution in [-0.4, -0.2) is 43.4 Å². The predicted molar refractivity (Wildman–Crippen MR) is 77.8 cm³/mol. The molecule has 6 heteroatoms. The van der Waals surface area contributed by atoms with Gasteiger partial charge in [0.05, 0.1) is 5.92 Å². The molecule has 0 bridgehead atoms. The minimum absolute atomic E-state index is 0.207. The average Bonchev–Trinajstić information content (AvgIpc) is 2.42. The number of carboxylic acids is 1. The van der Waals surface area contributed by atoms with Crippen LogP contribution < -0.4 is 10.6 Å². The Kier molecular flexibility index (Phi) is 11.9. The fourth-order valence-corrected chi connectivity index (χ4v) is 1.52. The summed E-state index contributed by atoms with van der Waals surface area (Å²) < 4.78 is 5.38. The van der Waals surface area contributed by atoms with Gasteiger partial charge in [-0.05, 0) is 25.7 Å². The lowest BCUT2D eigenvalue weighted by Gasteiger charge is -2.09. The smallest absolute Gasteiger partial charge is 0.314 e. The van der Waals surface area contributed by atoms with Crippen LogP contribution in [0.4, 0.5) is 4.79 Å². The van der Waals surface area contributed by atoms with E-state index in [-0.39, 0.29) is 11.9 Å². The molecule has 2 amide bonds. The topological polar surface area (TPSA) is 87.7 Å². The molecule has 3 N–H and O–H groups in total. The van der Waals surface area contributed by atoms with E-state index in [4.69, 9.17) is 9.84 Å². The van der Waals surface area contributed by atoms with E-state index in [9.17, 15) is 9.59 Å². The van der Waals surface area contributed by atoms with Crippen molar-refractivity contribution in [3.8, 4) is 0 Å². The van der Waals surface area contributed by atoms with Crippen molar-refractivity contribution in [3.05, 3.63) is 0 Å². The Morgan fingerprint density at radius 3 is 2.30 bits per heavy atom. The zero-order valence-corrected chi connectivity index (χ0v) is 12.6. The number of rotatable bonds is 12. The van der Waals surface area contributed by atoms with E-state index < -0.39 is 5.97 Å². The minimum Gasteiger partial charge on any atom is -0.481 e. The molecule has 0 saturated carbocycles. The number of hydrogen-bond donors (Lipinski definition) is 3. The number of hydrogen-bond acceptors (Lipinski definition) is 3. The molecule has 0 spiro atoms. The highest BCUT2D eigenvalue weighted by Gasteiger charge is 2.09. The molecule has 118 valence electrons. The molecule has 0 aromatic carbocycles. The molecular formula is C14H28N2O4. The highest BCUT2D eigenvalue weighted by atomic mass is 16.5. The number of urea groups is 1. The Morgan fingerprint density at radius 1 is 1.10 bits per heavy atom. The van der Waals surface area contributed by atoms with Crippen LogP contribution >= 0.6 is 0 Å². The number of amides is 2. The minimum atomic E-state index is -0.794. The number of carbonyl (C=O) groups excluding carboxylic acids is 1. The molecule has 0 radical (unpaired) electrons. The summed E-state index contributed by atoms with van der Waals surface area (Å²) in [5, 5.41) is 14.1. The first kappa shape index (κ1) is 18.7. The van der Waals surface area contributed by atoms with Crippen molar-refractivity contribution < 1.29 is 19.4 Å². The van der Waals surface area contributed by atoms with Crippen LogP contribution in [0.3, 0.4) is 0 Å². The second kappa shape index (κ2) is 12.7. The summed E-state index contributed by atoms with van der Waals surface area (Å²) >= 11 is 0. The third-order valence-corrected chi connectivity index (χ3v) is 2.91. The number of nitrogens with one attached hydrogen (secondary N) is 2. The van der Waals surface area contributed by atoms with Gasteiger partial charge in [-0.25, -0.2) is 4.79 Å². The second-order valence-corrected chi connectivity index (χ2v) is 4.88. The van der Waals surface area contributed by atoms with Gasteiger partial charge >= 0.3 is 12.0 Å². The fraction of sp³-hybridized carbons (Fsp3) is 0.857. The summed E-state index contributed by atoms with van der Waals surface area (Å²) in [6.45, 7) is 6.31. The zero-order chi connectivity index (χ0) is 15.2. The van der Waals surface area contributed by atoms with Gasteiger partial charge in [0.15, 0.2) is 0 Å². The molecule has 0 heterocycles. The lowest BCUT2D eigenvalue weighted by atomic mass is 10.1. The van der Waals surface area contributed by atoms with Crippen molar-refractivity contribution in [1.29, 1.82) is 0 Å². The maximum absolute atomic E-state index is 11.4. The zero-order valence-electron chi connectivity index (χ0n) is 12.6. The predicted octanol–water partition coefficient (Wildman–Crippen LogP) is 1.99. The first-order chi connectivity index (χ1) is 9.57. The van der Waals surface area contributed by atoms with Crippen molar-refractivity contribution in [3.63, 3.8) is 0 Å². The van der Waals surface area contributed by atoms with E-state index in [2.05, 4.69) is 17.6 Å². The monoisotopic (exact) mass is 288 g/mol. The van der Waals surface area contributed by atoms with E-state index in [0.29, 0.717) is 32.5 Å². The Morgan fingerprint density at radius 2 is 1.70 bits per heavy atom. The molecule has 0 aliphatic heterocycles. The Labute approximate surface area is 121 Å². The molecule has 0 aromatic heterocycles. The maximum Gasteiger partial charge on any atom is 0.314 e. The van der Waals surface area contributed by atoms with E-state index >= 15 is 0 Å². The van der Waals surface area contributed by atoms with Crippen LogP contribution in [0.15, 0.2) is 0 Å². The van der Waals surface area contributed by atoms with Crippen LogP contribution in [0.2, 0.25) is 0 Å². The Hall–Kier alpha value is -1.30. The van der Waals surface area contributed by atoms with Crippen LogP contribution in [0.25, 0.3) is 0 Å². The largest absolute Gasteiger partial charge is 0.481 e. The van der Waals surface area contributed by atoms with Gasteiger partial charge in [-0.2, -0.15) is 0 Å². The molecule has 0 saturated heterocycles. The van der Waals surface area contributed by atoms with Gasteiger partial charge in [0.2, 0.25) is 0 Å². The van der Waals surface area contributed by atoms with E-state index in [0.717, 1.165) is 25.9 Å². The van der Waals surface area contributed by atoms with Crippen LogP contribution in [-0.2, 0) is 9.53 Å². The molecule has 0 aliphatic rings. The number of carbonyl (C=O) groups is 2. The molecular weight excluding hydrogens is 260 g/mol. The molecule has 6 nitrogen and oxygen atoms in total. The molecule has 0 fully saturated rings. The molecule has 0 aromatic rings. The molecule has 1 atom stereocenters. The van der Waals surface area contributed by atoms with Crippen molar-refractivity contribution >= 4 is 12.0 Å². The molecule has 0 aliphatic carbocycles. The summed E-state index contributed by atoms with van der Waals surface area (Å²) in [5.74, 6) is -1.15. The second-order valence-electron chi connectivity index (χ2n) is 4.88. The maximum atomic E-state index is 11.4. The highest BCUT2D eigenvalue weighted by molar-refractivity contribution is 5.73. The molecule has 0 rings (SSSR count). The number of ether oxygens (including phenoxy) is 1. The van der Waals surface area contributed by atoms with Gasteiger partial charge in [-0.3, -0.25) is 4.79 Å². The SMILES string of the molecule is CCCCOCCCNC(=O)NCCCC(C)C(=O)O. The standard InChI is InChI=1S/C14H28N2O4/c1-3-4-10-20-11-6-9-16-14(19)15-8-5-7-12(2)13(17)18/h12H,3-11H2,1-2H3,(H,17,18)(H2,15,16,19). The van der Waals surface area contributed by atoms with E-state index in [1.807, 2.05) is 0 Å². The molecule has 1 unspecified atom stereocenters. The lowest BCUT2D eigenvalue weighted by molar-refractivity contribution is -0.141. The lowest BCUT2D eigenvalue weighted by Crippen LogP contribution is -2.37. The number of aliphatic carboxylic acids is 1. The Balaban J connectivity index is 3.31. The van der Waals surface area contributed by atoms with Gasteiger partial charge in [0.1, 0.15) is 0 Å². The van der Waals surface area contributed by atoms with Crippen LogP contribution in [0, 0.1) is 5.92 Å². The van der Waals surface area contributed by atoms with E-state index in [1.165, 1.54) is 0 Å².